The summed E-state index contributed by atoms with van der Waals surface area (Å²) in [5, 5.41) is 0. The Labute approximate surface area is 187 Å². The van der Waals surface area contributed by atoms with Crippen molar-refractivity contribution in [2.45, 2.75) is 4.90 Å². The molecule has 0 N–H and O–H groups in total. The Morgan fingerprint density at radius 3 is 1.91 bits per heavy atom. The van der Waals surface area contributed by atoms with Crippen LogP contribution in [0.5, 0.6) is 5.75 Å². The fourth-order valence-corrected chi connectivity index (χ4v) is 4.85. The van der Waals surface area contributed by atoms with E-state index in [1.54, 1.807) is 17.0 Å². The Balaban J connectivity index is 1.46. The molecule has 166 valence electrons. The van der Waals surface area contributed by atoms with Gasteiger partial charge in [0.25, 0.3) is 5.91 Å². The largest absolute Gasteiger partial charge is 0.484 e. The summed E-state index contributed by atoms with van der Waals surface area (Å²) in [7, 11) is -3.57. The average Bonchev–Trinajstić information content (AvgIpc) is 2.85. The van der Waals surface area contributed by atoms with Crippen LogP contribution < -0.4 is 9.64 Å². The summed E-state index contributed by atoms with van der Waals surface area (Å²) in [6.07, 6.45) is 0. The summed E-state index contributed by atoms with van der Waals surface area (Å²) in [4.78, 5) is 14.8. The first kappa shape index (κ1) is 22.0. The molecule has 7 nitrogen and oxygen atoms in total. The molecule has 0 atom stereocenters. The van der Waals surface area contributed by atoms with Crippen molar-refractivity contribution in [2.75, 3.05) is 37.8 Å². The average molecular weight is 453 g/mol. The molecule has 0 aliphatic carbocycles. The van der Waals surface area contributed by atoms with E-state index in [4.69, 9.17) is 9.47 Å². The second-order valence-electron chi connectivity index (χ2n) is 7.18. The maximum atomic E-state index is 13.0. The lowest BCUT2D eigenvalue weighted by Crippen LogP contribution is -2.40. The molecule has 1 fully saturated rings. The smallest absolute Gasteiger partial charge is 0.269 e. The molecule has 1 saturated heterocycles. The van der Waals surface area contributed by atoms with Crippen LogP contribution >= 0.6 is 0 Å². The minimum Gasteiger partial charge on any atom is -0.484 e. The van der Waals surface area contributed by atoms with E-state index in [1.807, 2.05) is 60.7 Å². The molecule has 4 rings (SSSR count). The summed E-state index contributed by atoms with van der Waals surface area (Å²) >= 11 is 0. The number of para-hydroxylation sites is 2. The van der Waals surface area contributed by atoms with Gasteiger partial charge in [-0.2, -0.15) is 4.31 Å². The second-order valence-corrected chi connectivity index (χ2v) is 9.11. The van der Waals surface area contributed by atoms with Crippen molar-refractivity contribution < 1.29 is 22.7 Å². The highest BCUT2D eigenvalue weighted by Gasteiger charge is 2.26. The minimum atomic E-state index is -3.57. The van der Waals surface area contributed by atoms with E-state index in [-0.39, 0.29) is 17.4 Å². The third-order valence-electron chi connectivity index (χ3n) is 5.07. The van der Waals surface area contributed by atoms with Crippen LogP contribution in [0.2, 0.25) is 0 Å². The highest BCUT2D eigenvalue weighted by atomic mass is 32.2. The van der Waals surface area contributed by atoms with E-state index in [0.29, 0.717) is 32.1 Å². The molecule has 3 aromatic carbocycles. The number of morpholine rings is 1. The van der Waals surface area contributed by atoms with Crippen LogP contribution in [0.3, 0.4) is 0 Å². The molecule has 0 aromatic heterocycles. The molecule has 0 spiro atoms. The summed E-state index contributed by atoms with van der Waals surface area (Å²) in [6, 6.07) is 24.8. The maximum Gasteiger partial charge on any atom is 0.269 e. The van der Waals surface area contributed by atoms with Gasteiger partial charge in [0, 0.05) is 24.5 Å². The van der Waals surface area contributed by atoms with Crippen LogP contribution in [0.1, 0.15) is 0 Å². The van der Waals surface area contributed by atoms with Gasteiger partial charge in [-0.05, 0) is 48.5 Å². The zero-order valence-electron chi connectivity index (χ0n) is 17.5. The first-order valence-electron chi connectivity index (χ1n) is 10.3. The van der Waals surface area contributed by atoms with E-state index >= 15 is 0 Å². The monoisotopic (exact) mass is 452 g/mol. The quantitative estimate of drug-likeness (QED) is 0.549. The van der Waals surface area contributed by atoms with Crippen molar-refractivity contribution in [1.82, 2.24) is 4.31 Å². The molecule has 1 heterocycles. The molecular formula is C24H24N2O5S. The van der Waals surface area contributed by atoms with Crippen LogP contribution in [0, 0.1) is 0 Å². The fraction of sp³-hybridized carbons (Fsp3) is 0.208. The summed E-state index contributed by atoms with van der Waals surface area (Å²) in [6.45, 7) is 1.26. The van der Waals surface area contributed by atoms with Gasteiger partial charge in [0.2, 0.25) is 10.0 Å². The number of anilines is 2. The van der Waals surface area contributed by atoms with Crippen molar-refractivity contribution in [3.8, 4) is 5.75 Å². The lowest BCUT2D eigenvalue weighted by Gasteiger charge is -2.26. The Morgan fingerprint density at radius 1 is 0.844 bits per heavy atom. The van der Waals surface area contributed by atoms with Crippen LogP contribution in [0.25, 0.3) is 0 Å². The van der Waals surface area contributed by atoms with Crippen molar-refractivity contribution >= 4 is 27.3 Å². The molecule has 8 heteroatoms. The van der Waals surface area contributed by atoms with Gasteiger partial charge in [0.1, 0.15) is 5.75 Å². The minimum absolute atomic E-state index is 0.188. The van der Waals surface area contributed by atoms with E-state index in [9.17, 15) is 13.2 Å². The standard InChI is InChI=1S/C24H24N2O5S/c27-24(26(20-7-3-1-4-8-20)21-9-5-2-6-10-21)19-31-22-11-13-23(14-12-22)32(28,29)25-15-17-30-18-16-25/h1-14H,15-19H2. The number of amides is 1. The molecule has 0 unspecified atom stereocenters. The summed E-state index contributed by atoms with van der Waals surface area (Å²) < 4.78 is 37.8. The van der Waals surface area contributed by atoms with E-state index in [0.717, 1.165) is 11.4 Å². The molecule has 1 aliphatic heterocycles. The number of sulfonamides is 1. The first-order chi connectivity index (χ1) is 15.6. The van der Waals surface area contributed by atoms with E-state index < -0.39 is 10.0 Å². The zero-order chi connectivity index (χ0) is 22.4. The van der Waals surface area contributed by atoms with Crippen molar-refractivity contribution in [2.24, 2.45) is 0 Å². The zero-order valence-corrected chi connectivity index (χ0v) is 18.3. The first-order valence-corrected chi connectivity index (χ1v) is 11.7. The highest BCUT2D eigenvalue weighted by Crippen LogP contribution is 2.26. The van der Waals surface area contributed by atoms with Crippen molar-refractivity contribution in [3.05, 3.63) is 84.9 Å². The van der Waals surface area contributed by atoms with E-state index in [2.05, 4.69) is 0 Å². The van der Waals surface area contributed by atoms with Crippen LogP contribution in [0.15, 0.2) is 89.8 Å². The number of ether oxygens (including phenoxy) is 2. The predicted molar refractivity (Wildman–Crippen MR) is 122 cm³/mol. The number of carbonyl (C=O) groups is 1. The third-order valence-corrected chi connectivity index (χ3v) is 6.98. The van der Waals surface area contributed by atoms with Gasteiger partial charge in [-0.15, -0.1) is 0 Å². The number of benzene rings is 3. The van der Waals surface area contributed by atoms with Gasteiger partial charge >= 0.3 is 0 Å². The van der Waals surface area contributed by atoms with Crippen molar-refractivity contribution in [1.29, 1.82) is 0 Å². The van der Waals surface area contributed by atoms with Gasteiger partial charge in [-0.1, -0.05) is 36.4 Å². The number of nitrogens with zero attached hydrogens (tertiary/aromatic N) is 2. The molecule has 1 aliphatic rings. The lowest BCUT2D eigenvalue weighted by atomic mass is 10.2. The lowest BCUT2D eigenvalue weighted by molar-refractivity contribution is -0.119. The summed E-state index contributed by atoms with van der Waals surface area (Å²) in [5.74, 6) is 0.174. The number of rotatable bonds is 7. The topological polar surface area (TPSA) is 76.2 Å². The van der Waals surface area contributed by atoms with Gasteiger partial charge in [0.15, 0.2) is 6.61 Å². The Kier molecular flexibility index (Phi) is 6.84. The van der Waals surface area contributed by atoms with Crippen LogP contribution in [-0.4, -0.2) is 51.5 Å². The number of hydrogen-bond acceptors (Lipinski definition) is 5. The molecular weight excluding hydrogens is 428 g/mol. The van der Waals surface area contributed by atoms with Gasteiger partial charge in [-0.25, -0.2) is 8.42 Å². The van der Waals surface area contributed by atoms with Gasteiger partial charge in [0.05, 0.1) is 18.1 Å². The fourth-order valence-electron chi connectivity index (χ4n) is 3.44. The van der Waals surface area contributed by atoms with Crippen LogP contribution in [0.4, 0.5) is 11.4 Å². The van der Waals surface area contributed by atoms with Crippen LogP contribution in [-0.2, 0) is 19.6 Å². The normalized spacial score (nSPS) is 14.6. The molecule has 32 heavy (non-hydrogen) atoms. The second kappa shape index (κ2) is 9.95. The number of hydrogen-bond donors (Lipinski definition) is 0. The third kappa shape index (κ3) is 4.99. The van der Waals surface area contributed by atoms with Gasteiger partial charge < -0.3 is 9.47 Å². The molecule has 1 amide bonds. The maximum absolute atomic E-state index is 13.0. The molecule has 0 radical (unpaired) electrons. The Morgan fingerprint density at radius 2 is 1.38 bits per heavy atom. The Hall–Kier alpha value is -3.20. The summed E-state index contributed by atoms with van der Waals surface area (Å²) in [5.41, 5.74) is 1.47. The Bertz CT molecular complexity index is 1090. The van der Waals surface area contributed by atoms with E-state index in [1.165, 1.54) is 16.4 Å². The molecule has 0 saturated carbocycles. The predicted octanol–water partition coefficient (Wildman–Crippen LogP) is 3.45. The molecule has 0 bridgehead atoms. The number of carbonyl (C=O) groups excluding carboxylic acids is 1. The van der Waals surface area contributed by atoms with Gasteiger partial charge in [-0.3, -0.25) is 9.69 Å². The van der Waals surface area contributed by atoms with Crippen molar-refractivity contribution in [3.63, 3.8) is 0 Å². The molecule has 3 aromatic rings. The SMILES string of the molecule is O=C(COc1ccc(S(=O)(=O)N2CCOCC2)cc1)N(c1ccccc1)c1ccccc1. The highest BCUT2D eigenvalue weighted by molar-refractivity contribution is 7.89.